The van der Waals surface area contributed by atoms with Crippen molar-refractivity contribution in [2.45, 2.75) is 12.5 Å². The van der Waals surface area contributed by atoms with Crippen LogP contribution in [0.25, 0.3) is 31.7 Å². The molecule has 0 spiro atoms. The van der Waals surface area contributed by atoms with Crippen LogP contribution in [0.4, 0.5) is 5.13 Å². The van der Waals surface area contributed by atoms with Gasteiger partial charge in [-0.2, -0.15) is 0 Å². The number of ether oxygens (including phenoxy) is 1. The fraction of sp³-hybridized carbons (Fsp3) is 0.0968. The number of para-hydroxylation sites is 1. The van der Waals surface area contributed by atoms with Crippen LogP contribution in [0.5, 0.6) is 5.75 Å². The Hall–Kier alpha value is -4.60. The van der Waals surface area contributed by atoms with Crippen molar-refractivity contribution >= 4 is 60.7 Å². The van der Waals surface area contributed by atoms with Crippen LogP contribution in [0.3, 0.4) is 0 Å². The normalized spacial score (nSPS) is 11.8. The van der Waals surface area contributed by atoms with Gasteiger partial charge in [-0.05, 0) is 47.3 Å². The highest BCUT2D eigenvalue weighted by molar-refractivity contribution is 7.22. The lowest BCUT2D eigenvalue weighted by Gasteiger charge is -2.19. The molecule has 0 saturated carbocycles. The summed E-state index contributed by atoms with van der Waals surface area (Å²) in [5.41, 5.74) is 3.58. The SMILES string of the molecule is COc1ccc2nc(NC(=O)C(Cc3ccccc3)NC(=O)c3cc(-c4cccs4)nc4ccccc34)sc2c1. The van der Waals surface area contributed by atoms with E-state index in [1.165, 1.54) is 11.3 Å². The number of hydrogen-bond acceptors (Lipinski definition) is 7. The van der Waals surface area contributed by atoms with Crippen LogP contribution in [-0.4, -0.2) is 34.9 Å². The number of amides is 2. The fourth-order valence-corrected chi connectivity index (χ4v) is 6.07. The Morgan fingerprint density at radius 3 is 2.52 bits per heavy atom. The van der Waals surface area contributed by atoms with Crippen LogP contribution in [-0.2, 0) is 11.2 Å². The molecule has 0 bridgehead atoms. The summed E-state index contributed by atoms with van der Waals surface area (Å²) < 4.78 is 6.20. The molecule has 2 amide bonds. The van der Waals surface area contributed by atoms with E-state index in [0.29, 0.717) is 28.3 Å². The van der Waals surface area contributed by atoms with Gasteiger partial charge in [0.05, 0.1) is 39.0 Å². The molecule has 1 unspecified atom stereocenters. The first-order chi connectivity index (χ1) is 19.6. The zero-order chi connectivity index (χ0) is 27.5. The molecule has 0 aliphatic heterocycles. The number of carbonyl (C=O) groups is 2. The van der Waals surface area contributed by atoms with Gasteiger partial charge in [0.25, 0.3) is 5.91 Å². The van der Waals surface area contributed by atoms with Crippen molar-refractivity contribution in [1.29, 1.82) is 0 Å². The summed E-state index contributed by atoms with van der Waals surface area (Å²) in [4.78, 5) is 37.7. The number of nitrogens with zero attached hydrogens (tertiary/aromatic N) is 2. The second-order valence-electron chi connectivity index (χ2n) is 9.11. The minimum atomic E-state index is -0.839. The standard InChI is InChI=1S/C31H24N4O3S2/c1-38-20-13-14-24-28(17-20)40-31(34-24)35-30(37)26(16-19-8-3-2-4-9-19)33-29(36)22-18-25(27-12-7-15-39-27)32-23-11-6-5-10-21(22)23/h2-15,17-18,26H,16H2,1H3,(H,33,36)(H,34,35,37). The molecule has 6 aromatic rings. The first-order valence-corrected chi connectivity index (χ1v) is 14.3. The molecule has 198 valence electrons. The van der Waals surface area contributed by atoms with Crippen molar-refractivity contribution in [2.24, 2.45) is 0 Å². The molecule has 0 aliphatic carbocycles. The average Bonchev–Trinajstić information content (AvgIpc) is 3.66. The lowest BCUT2D eigenvalue weighted by molar-refractivity contribution is -0.118. The Morgan fingerprint density at radius 1 is 0.900 bits per heavy atom. The van der Waals surface area contributed by atoms with E-state index in [0.717, 1.165) is 31.8 Å². The quantitative estimate of drug-likeness (QED) is 0.218. The number of nitrogens with one attached hydrogen (secondary N) is 2. The summed E-state index contributed by atoms with van der Waals surface area (Å²) in [6.45, 7) is 0. The molecular formula is C31H24N4O3S2. The minimum Gasteiger partial charge on any atom is -0.497 e. The van der Waals surface area contributed by atoms with Crippen LogP contribution >= 0.6 is 22.7 Å². The van der Waals surface area contributed by atoms with Crippen molar-refractivity contribution in [2.75, 3.05) is 12.4 Å². The topological polar surface area (TPSA) is 93.2 Å². The fourth-order valence-electron chi connectivity index (χ4n) is 4.49. The highest BCUT2D eigenvalue weighted by atomic mass is 32.1. The number of rotatable bonds is 8. The molecule has 0 fully saturated rings. The van der Waals surface area contributed by atoms with Crippen LogP contribution in [0.15, 0.2) is 96.4 Å². The van der Waals surface area contributed by atoms with Gasteiger partial charge in [0.1, 0.15) is 11.8 Å². The molecule has 2 N–H and O–H groups in total. The van der Waals surface area contributed by atoms with Gasteiger partial charge in [-0.15, -0.1) is 11.3 Å². The number of pyridine rings is 1. The molecular weight excluding hydrogens is 541 g/mol. The maximum absolute atomic E-state index is 13.8. The number of thiophene rings is 1. The van der Waals surface area contributed by atoms with Crippen LogP contribution < -0.4 is 15.4 Å². The van der Waals surface area contributed by atoms with E-state index < -0.39 is 6.04 Å². The number of fused-ring (bicyclic) bond motifs is 2. The molecule has 6 rings (SSSR count). The monoisotopic (exact) mass is 564 g/mol. The summed E-state index contributed by atoms with van der Waals surface area (Å²) in [5.74, 6) is 0.0244. The molecule has 0 saturated heterocycles. The molecule has 3 aromatic heterocycles. The first-order valence-electron chi connectivity index (χ1n) is 12.6. The van der Waals surface area contributed by atoms with Gasteiger partial charge in [0.2, 0.25) is 5.91 Å². The molecule has 1 atom stereocenters. The second-order valence-corrected chi connectivity index (χ2v) is 11.1. The molecule has 0 aliphatic rings. The van der Waals surface area contributed by atoms with E-state index in [9.17, 15) is 9.59 Å². The van der Waals surface area contributed by atoms with Gasteiger partial charge < -0.3 is 15.4 Å². The number of methoxy groups -OCH3 is 1. The first kappa shape index (κ1) is 25.7. The van der Waals surface area contributed by atoms with Crippen LogP contribution in [0, 0.1) is 0 Å². The van der Waals surface area contributed by atoms with Gasteiger partial charge in [0, 0.05) is 11.8 Å². The smallest absolute Gasteiger partial charge is 0.252 e. The van der Waals surface area contributed by atoms with Crippen molar-refractivity contribution < 1.29 is 14.3 Å². The van der Waals surface area contributed by atoms with Crippen molar-refractivity contribution in [1.82, 2.24) is 15.3 Å². The Morgan fingerprint density at radius 2 is 1.73 bits per heavy atom. The number of hydrogen-bond donors (Lipinski definition) is 2. The molecule has 3 heterocycles. The minimum absolute atomic E-state index is 0.317. The van der Waals surface area contributed by atoms with E-state index >= 15 is 0 Å². The van der Waals surface area contributed by atoms with Crippen LogP contribution in [0.1, 0.15) is 15.9 Å². The lowest BCUT2D eigenvalue weighted by atomic mass is 10.0. The van der Waals surface area contributed by atoms with E-state index in [2.05, 4.69) is 15.6 Å². The Kier molecular flexibility index (Phi) is 7.22. The highest BCUT2D eigenvalue weighted by Gasteiger charge is 2.25. The zero-order valence-electron chi connectivity index (χ0n) is 21.5. The predicted octanol–water partition coefficient (Wildman–Crippen LogP) is 6.56. The van der Waals surface area contributed by atoms with Crippen molar-refractivity contribution in [3.63, 3.8) is 0 Å². The van der Waals surface area contributed by atoms with Gasteiger partial charge in [-0.25, -0.2) is 9.97 Å². The second kappa shape index (κ2) is 11.3. The molecule has 9 heteroatoms. The molecule has 0 radical (unpaired) electrons. The number of aromatic nitrogens is 2. The Labute approximate surface area is 238 Å². The number of benzene rings is 3. The maximum Gasteiger partial charge on any atom is 0.252 e. The van der Waals surface area contributed by atoms with Gasteiger partial charge >= 0.3 is 0 Å². The number of carbonyl (C=O) groups excluding carboxylic acids is 2. The third-order valence-electron chi connectivity index (χ3n) is 6.46. The summed E-state index contributed by atoms with van der Waals surface area (Å²) in [7, 11) is 1.61. The van der Waals surface area contributed by atoms with E-state index in [1.807, 2.05) is 90.3 Å². The number of anilines is 1. The summed E-state index contributed by atoms with van der Waals surface area (Å²) in [6, 6.07) is 27.6. The Balaban J connectivity index is 1.32. The zero-order valence-corrected chi connectivity index (χ0v) is 23.1. The van der Waals surface area contributed by atoms with Gasteiger partial charge in [-0.1, -0.05) is 65.9 Å². The van der Waals surface area contributed by atoms with Gasteiger partial charge in [-0.3, -0.25) is 9.59 Å². The maximum atomic E-state index is 13.8. The largest absolute Gasteiger partial charge is 0.497 e. The summed E-state index contributed by atoms with van der Waals surface area (Å²) in [5, 5.41) is 9.07. The summed E-state index contributed by atoms with van der Waals surface area (Å²) in [6.07, 6.45) is 0.317. The van der Waals surface area contributed by atoms with Gasteiger partial charge in [0.15, 0.2) is 5.13 Å². The van der Waals surface area contributed by atoms with E-state index in [-0.39, 0.29) is 11.8 Å². The molecule has 7 nitrogen and oxygen atoms in total. The third-order valence-corrected chi connectivity index (χ3v) is 8.29. The highest BCUT2D eigenvalue weighted by Crippen LogP contribution is 2.30. The third kappa shape index (κ3) is 5.42. The summed E-state index contributed by atoms with van der Waals surface area (Å²) >= 11 is 2.91. The van der Waals surface area contributed by atoms with Crippen molar-refractivity contribution in [3.8, 4) is 16.3 Å². The molecule has 3 aromatic carbocycles. The number of thiazole rings is 1. The molecule has 40 heavy (non-hydrogen) atoms. The van der Waals surface area contributed by atoms with Crippen molar-refractivity contribution in [3.05, 3.63) is 108 Å². The predicted molar refractivity (Wildman–Crippen MR) is 161 cm³/mol. The van der Waals surface area contributed by atoms with Crippen LogP contribution in [0.2, 0.25) is 0 Å². The lowest BCUT2D eigenvalue weighted by Crippen LogP contribution is -2.45. The average molecular weight is 565 g/mol. The van der Waals surface area contributed by atoms with E-state index in [1.54, 1.807) is 24.5 Å². The Bertz CT molecular complexity index is 1820. The van der Waals surface area contributed by atoms with E-state index in [4.69, 9.17) is 9.72 Å².